The Hall–Kier alpha value is -0.520. The van der Waals surface area contributed by atoms with Gasteiger partial charge in [-0.05, 0) is 87.4 Å². The maximum atomic E-state index is 3.95. The molecule has 2 aliphatic rings. The van der Waals surface area contributed by atoms with Gasteiger partial charge in [0.15, 0.2) is 0 Å². The van der Waals surface area contributed by atoms with Crippen LogP contribution < -0.4 is 0 Å². The second kappa shape index (κ2) is 11.2. The zero-order valence-electron chi connectivity index (χ0n) is 16.5. The van der Waals surface area contributed by atoms with E-state index in [4.69, 9.17) is 0 Å². The first-order valence-electron chi connectivity index (χ1n) is 11.0. The highest BCUT2D eigenvalue weighted by Crippen LogP contribution is 2.37. The molecule has 0 aromatic carbocycles. The monoisotopic (exact) mass is 330 g/mol. The second-order valence-electron chi connectivity index (χ2n) is 8.84. The SMILES string of the molecule is C=CC1CCC(/C=C/CCCC(CCC)C2CCC(C)CC2)CC1. The van der Waals surface area contributed by atoms with Crippen molar-refractivity contribution in [3.05, 3.63) is 24.8 Å². The average molecular weight is 331 g/mol. The Balaban J connectivity index is 1.63. The molecule has 0 N–H and O–H groups in total. The van der Waals surface area contributed by atoms with E-state index in [9.17, 15) is 0 Å². The van der Waals surface area contributed by atoms with Crippen LogP contribution in [0.1, 0.15) is 97.3 Å². The van der Waals surface area contributed by atoms with Crippen molar-refractivity contribution in [1.82, 2.24) is 0 Å². The molecule has 138 valence electrons. The van der Waals surface area contributed by atoms with Gasteiger partial charge in [0.05, 0.1) is 0 Å². The van der Waals surface area contributed by atoms with Crippen molar-refractivity contribution in [2.75, 3.05) is 0 Å². The molecule has 1 atom stereocenters. The maximum Gasteiger partial charge on any atom is -0.0233 e. The van der Waals surface area contributed by atoms with E-state index in [-0.39, 0.29) is 0 Å². The molecule has 0 saturated heterocycles. The first-order valence-corrected chi connectivity index (χ1v) is 11.0. The number of hydrogen-bond donors (Lipinski definition) is 0. The van der Waals surface area contributed by atoms with Crippen LogP contribution in [0.25, 0.3) is 0 Å². The van der Waals surface area contributed by atoms with Crippen molar-refractivity contribution in [3.63, 3.8) is 0 Å². The summed E-state index contributed by atoms with van der Waals surface area (Å²) in [5.74, 6) is 4.69. The van der Waals surface area contributed by atoms with Crippen LogP contribution in [0.4, 0.5) is 0 Å². The molecule has 1 unspecified atom stereocenters. The smallest absolute Gasteiger partial charge is 0.0233 e. The summed E-state index contributed by atoms with van der Waals surface area (Å²) in [4.78, 5) is 0. The molecule has 0 aromatic heterocycles. The molecule has 0 aromatic rings. The van der Waals surface area contributed by atoms with Crippen LogP contribution in [-0.4, -0.2) is 0 Å². The Kier molecular flexibility index (Phi) is 9.21. The van der Waals surface area contributed by atoms with Gasteiger partial charge in [0.25, 0.3) is 0 Å². The number of hydrogen-bond acceptors (Lipinski definition) is 0. The third-order valence-electron chi connectivity index (χ3n) is 6.89. The van der Waals surface area contributed by atoms with Crippen molar-refractivity contribution in [2.24, 2.45) is 29.6 Å². The Morgan fingerprint density at radius 3 is 2.21 bits per heavy atom. The van der Waals surface area contributed by atoms with E-state index in [1.54, 1.807) is 0 Å². The van der Waals surface area contributed by atoms with E-state index < -0.39 is 0 Å². The Morgan fingerprint density at radius 2 is 1.58 bits per heavy atom. The number of rotatable bonds is 9. The van der Waals surface area contributed by atoms with Gasteiger partial charge in [-0.3, -0.25) is 0 Å². The lowest BCUT2D eigenvalue weighted by Gasteiger charge is -2.33. The Bertz CT molecular complexity index is 350. The molecule has 2 fully saturated rings. The van der Waals surface area contributed by atoms with Gasteiger partial charge in [-0.1, -0.05) is 57.8 Å². The highest BCUT2D eigenvalue weighted by Gasteiger charge is 2.25. The van der Waals surface area contributed by atoms with E-state index in [1.165, 1.54) is 83.5 Å². The fourth-order valence-electron chi connectivity index (χ4n) is 5.10. The molecule has 2 saturated carbocycles. The van der Waals surface area contributed by atoms with Crippen LogP contribution in [0.2, 0.25) is 0 Å². The summed E-state index contributed by atoms with van der Waals surface area (Å²) in [6, 6.07) is 0. The van der Waals surface area contributed by atoms with E-state index in [0.29, 0.717) is 0 Å². The molecular weight excluding hydrogens is 288 g/mol. The highest BCUT2D eigenvalue weighted by molar-refractivity contribution is 4.93. The van der Waals surface area contributed by atoms with Crippen molar-refractivity contribution >= 4 is 0 Å². The van der Waals surface area contributed by atoms with Crippen LogP contribution in [0.5, 0.6) is 0 Å². The molecule has 2 rings (SSSR count). The molecule has 0 spiro atoms. The van der Waals surface area contributed by atoms with Gasteiger partial charge in [-0.25, -0.2) is 0 Å². The van der Waals surface area contributed by atoms with Gasteiger partial charge in [-0.15, -0.1) is 6.58 Å². The van der Waals surface area contributed by atoms with Gasteiger partial charge in [-0.2, -0.15) is 0 Å². The summed E-state index contributed by atoms with van der Waals surface area (Å²) in [5, 5.41) is 0. The van der Waals surface area contributed by atoms with E-state index in [0.717, 1.165) is 29.6 Å². The predicted octanol–water partition coefficient (Wildman–Crippen LogP) is 7.95. The second-order valence-corrected chi connectivity index (χ2v) is 8.84. The van der Waals surface area contributed by atoms with Gasteiger partial charge < -0.3 is 0 Å². The Labute approximate surface area is 152 Å². The topological polar surface area (TPSA) is 0 Å². The molecular formula is C24H42. The van der Waals surface area contributed by atoms with Gasteiger partial charge in [0.2, 0.25) is 0 Å². The first kappa shape index (κ1) is 19.8. The summed E-state index contributed by atoms with van der Waals surface area (Å²) < 4.78 is 0. The summed E-state index contributed by atoms with van der Waals surface area (Å²) >= 11 is 0. The maximum absolute atomic E-state index is 3.95. The predicted molar refractivity (Wildman–Crippen MR) is 108 cm³/mol. The third-order valence-corrected chi connectivity index (χ3v) is 6.89. The molecule has 0 bridgehead atoms. The zero-order chi connectivity index (χ0) is 17.2. The van der Waals surface area contributed by atoms with Crippen molar-refractivity contribution in [3.8, 4) is 0 Å². The lowest BCUT2D eigenvalue weighted by molar-refractivity contribution is 0.191. The molecule has 2 aliphatic carbocycles. The van der Waals surface area contributed by atoms with Crippen molar-refractivity contribution in [2.45, 2.75) is 97.3 Å². The van der Waals surface area contributed by atoms with Crippen LogP contribution in [0, 0.1) is 29.6 Å². The van der Waals surface area contributed by atoms with Gasteiger partial charge in [0, 0.05) is 0 Å². The minimum Gasteiger partial charge on any atom is -0.103 e. The summed E-state index contributed by atoms with van der Waals surface area (Å²) in [7, 11) is 0. The van der Waals surface area contributed by atoms with E-state index in [2.05, 4.69) is 38.7 Å². The fourth-order valence-corrected chi connectivity index (χ4v) is 5.10. The largest absolute Gasteiger partial charge is 0.103 e. The fraction of sp³-hybridized carbons (Fsp3) is 0.833. The molecule has 0 heterocycles. The van der Waals surface area contributed by atoms with E-state index >= 15 is 0 Å². The standard InChI is InChI=1S/C24H42/c1-4-9-23(24-18-12-20(3)13-19-24)11-8-6-7-10-22-16-14-21(5-2)15-17-22/h5,7,10,20-24H,2,4,6,8-9,11-19H2,1,3H3/b10-7+. The minimum atomic E-state index is 0.794. The van der Waals surface area contributed by atoms with E-state index in [1.807, 2.05) is 0 Å². The number of unbranched alkanes of at least 4 members (excludes halogenated alkanes) is 1. The summed E-state index contributed by atoms with van der Waals surface area (Å²) in [5.41, 5.74) is 0. The summed E-state index contributed by atoms with van der Waals surface area (Å²) in [6.07, 6.45) is 25.7. The minimum absolute atomic E-state index is 0.794. The zero-order valence-corrected chi connectivity index (χ0v) is 16.5. The van der Waals surface area contributed by atoms with Crippen LogP contribution in [-0.2, 0) is 0 Å². The van der Waals surface area contributed by atoms with Crippen LogP contribution in [0.3, 0.4) is 0 Å². The lowest BCUT2D eigenvalue weighted by Crippen LogP contribution is -2.21. The molecule has 24 heavy (non-hydrogen) atoms. The van der Waals surface area contributed by atoms with Gasteiger partial charge in [0.1, 0.15) is 0 Å². The molecule has 0 aliphatic heterocycles. The van der Waals surface area contributed by atoms with Crippen LogP contribution in [0.15, 0.2) is 24.8 Å². The van der Waals surface area contributed by atoms with Gasteiger partial charge >= 0.3 is 0 Å². The highest BCUT2D eigenvalue weighted by atomic mass is 14.3. The molecule has 0 heteroatoms. The first-order chi connectivity index (χ1) is 11.7. The molecule has 0 nitrogen and oxygen atoms in total. The quantitative estimate of drug-likeness (QED) is 0.297. The molecule has 0 amide bonds. The van der Waals surface area contributed by atoms with Crippen LogP contribution >= 0.6 is 0 Å². The third kappa shape index (κ3) is 6.77. The van der Waals surface area contributed by atoms with Crippen molar-refractivity contribution < 1.29 is 0 Å². The number of allylic oxidation sites excluding steroid dienone is 3. The van der Waals surface area contributed by atoms with Crippen molar-refractivity contribution in [1.29, 1.82) is 0 Å². The lowest BCUT2D eigenvalue weighted by atomic mass is 9.73. The average Bonchev–Trinajstić information content (AvgIpc) is 2.62. The molecule has 0 radical (unpaired) electrons. The Morgan fingerprint density at radius 1 is 0.917 bits per heavy atom. The summed E-state index contributed by atoms with van der Waals surface area (Å²) in [6.45, 7) is 8.77. The normalized spacial score (nSPS) is 32.8.